The highest BCUT2D eigenvalue weighted by atomic mass is 16.6. The first-order valence-electron chi connectivity index (χ1n) is 34.6. The number of ether oxygens (including phenoxy) is 8. The minimum absolute atomic E-state index is 0.179. The van der Waals surface area contributed by atoms with Gasteiger partial charge in [-0.15, -0.1) is 0 Å². The topological polar surface area (TPSA) is 210 Å². The lowest BCUT2D eigenvalue weighted by atomic mass is 9.48. The normalized spacial score (nSPS) is 30.4. The second-order valence-electron chi connectivity index (χ2n) is 32.8. The second-order valence-corrected chi connectivity index (χ2v) is 32.8. The predicted molar refractivity (Wildman–Crippen MR) is 346 cm³/mol. The summed E-state index contributed by atoms with van der Waals surface area (Å²) in [5.74, 6) is 4.36. The molecule has 0 spiro atoms. The zero-order valence-electron chi connectivity index (χ0n) is 57.8. The van der Waals surface area contributed by atoms with E-state index in [4.69, 9.17) is 37.9 Å². The van der Waals surface area contributed by atoms with Gasteiger partial charge >= 0.3 is 47.8 Å². The van der Waals surface area contributed by atoms with Gasteiger partial charge in [0.1, 0.15) is 0 Å². The summed E-state index contributed by atoms with van der Waals surface area (Å²) >= 11 is 0. The smallest absolute Gasteiger partial charge is 0.350 e. The van der Waals surface area contributed by atoms with Crippen LogP contribution in [-0.4, -0.2) is 96.6 Å². The molecule has 0 amide bonds. The van der Waals surface area contributed by atoms with Gasteiger partial charge in [-0.2, -0.15) is 0 Å². The van der Waals surface area contributed by atoms with Crippen LogP contribution in [0.4, 0.5) is 0 Å². The van der Waals surface area contributed by atoms with E-state index in [0.717, 1.165) is 85.4 Å². The van der Waals surface area contributed by atoms with Crippen LogP contribution in [0.25, 0.3) is 0 Å². The maximum Gasteiger partial charge on any atom is 0.350 e. The lowest BCUT2D eigenvalue weighted by molar-refractivity contribution is -0.183. The molecule has 0 aromatic heterocycles. The van der Waals surface area contributed by atoms with E-state index in [1.165, 1.54) is 149 Å². The highest BCUT2D eigenvalue weighted by Gasteiger charge is 2.54. The molecule has 0 aromatic rings. The second kappa shape index (κ2) is 30.0. The quantitative estimate of drug-likeness (QED) is 0.0403. The van der Waals surface area contributed by atoms with Gasteiger partial charge in [0.25, 0.3) is 0 Å². The zero-order chi connectivity index (χ0) is 67.1. The summed E-state index contributed by atoms with van der Waals surface area (Å²) in [5.41, 5.74) is -2.85. The molecule has 91 heavy (non-hydrogen) atoms. The Kier molecular flexibility index (Phi) is 24.1. The molecule has 0 aliphatic heterocycles. The fourth-order valence-electron chi connectivity index (χ4n) is 18.5. The molecule has 0 aromatic carbocycles. The summed E-state index contributed by atoms with van der Waals surface area (Å²) in [6, 6.07) is 0. The molecule has 12 bridgehead atoms. The van der Waals surface area contributed by atoms with Gasteiger partial charge in [-0.05, 0) is 301 Å². The molecule has 13 rings (SSSR count). The Labute approximate surface area is 544 Å². The average Bonchev–Trinajstić information content (AvgIpc) is 0.775. The van der Waals surface area contributed by atoms with Gasteiger partial charge < -0.3 is 37.9 Å². The van der Waals surface area contributed by atoms with Gasteiger partial charge in [0.2, 0.25) is 22.4 Å². The zero-order valence-corrected chi connectivity index (χ0v) is 57.8. The van der Waals surface area contributed by atoms with Crippen LogP contribution in [0.3, 0.4) is 0 Å². The lowest BCUT2D eigenvalue weighted by Crippen LogP contribution is -2.49. The Balaban J connectivity index is 0.000000173. The van der Waals surface area contributed by atoms with E-state index in [0.29, 0.717) is 43.2 Å². The maximum atomic E-state index is 12.4. The van der Waals surface area contributed by atoms with Crippen molar-refractivity contribution in [1.29, 1.82) is 0 Å². The SMILES string of the molecule is C=C(C)C(=O)OC(C)(C)C(=O)OCC12CC3CC(CC(C3)C1)C2.C=C(C)C(=O)OC(C)(C)C(=O)OCC1CCCCC1.C=C(C)C(=O)OC(C)(C)C(=O)OCCC12CC3CC(CC(C3)C1)C2.C=C(C)C(=O)OC(C)(C)C(=O)OCCCC12CC3CC(CC(C3)C1)C2. The van der Waals surface area contributed by atoms with Crippen LogP contribution >= 0.6 is 0 Å². The highest BCUT2D eigenvalue weighted by molar-refractivity contribution is 5.92. The van der Waals surface area contributed by atoms with Gasteiger partial charge in [0.15, 0.2) is 0 Å². The minimum atomic E-state index is -1.27. The van der Waals surface area contributed by atoms with E-state index in [2.05, 4.69) is 26.3 Å². The highest BCUT2D eigenvalue weighted by Crippen LogP contribution is 2.63. The lowest BCUT2D eigenvalue weighted by Gasteiger charge is -2.57. The van der Waals surface area contributed by atoms with Gasteiger partial charge in [-0.3, -0.25) is 0 Å². The average molecular weight is 1270 g/mol. The van der Waals surface area contributed by atoms with Gasteiger partial charge in [-0.1, -0.05) is 45.6 Å². The van der Waals surface area contributed by atoms with E-state index in [9.17, 15) is 38.4 Å². The van der Waals surface area contributed by atoms with Crippen molar-refractivity contribution in [2.24, 2.45) is 75.4 Å². The first-order valence-corrected chi connectivity index (χ1v) is 34.6. The van der Waals surface area contributed by atoms with Crippen LogP contribution in [0.2, 0.25) is 0 Å². The van der Waals surface area contributed by atoms with Crippen molar-refractivity contribution in [1.82, 2.24) is 0 Å². The Hall–Kier alpha value is -5.28. The van der Waals surface area contributed by atoms with Crippen LogP contribution in [-0.2, 0) is 76.3 Å². The molecule has 0 heterocycles. The van der Waals surface area contributed by atoms with Crippen molar-refractivity contribution in [3.63, 3.8) is 0 Å². The number of hydrogen-bond acceptors (Lipinski definition) is 16. The van der Waals surface area contributed by atoms with Crippen molar-refractivity contribution >= 4 is 47.8 Å². The van der Waals surface area contributed by atoms with Crippen molar-refractivity contribution in [2.75, 3.05) is 26.4 Å². The molecule has 13 fully saturated rings. The van der Waals surface area contributed by atoms with Crippen molar-refractivity contribution in [3.05, 3.63) is 48.6 Å². The van der Waals surface area contributed by atoms with E-state index in [1.807, 2.05) is 0 Å². The molecule has 13 aliphatic carbocycles. The molecule has 16 heteroatoms. The third-order valence-electron chi connectivity index (χ3n) is 21.9. The van der Waals surface area contributed by atoms with E-state index < -0.39 is 70.2 Å². The Morgan fingerprint density at radius 3 is 0.923 bits per heavy atom. The Bertz CT molecular complexity index is 2610. The molecule has 0 atom stereocenters. The summed E-state index contributed by atoms with van der Waals surface area (Å²) in [5, 5.41) is 0. The summed E-state index contributed by atoms with van der Waals surface area (Å²) < 4.78 is 42.5. The van der Waals surface area contributed by atoms with Gasteiger partial charge in [0, 0.05) is 27.7 Å². The number of hydrogen-bond donors (Lipinski definition) is 0. The molecule has 0 unspecified atom stereocenters. The van der Waals surface area contributed by atoms with Crippen LogP contribution in [0.5, 0.6) is 0 Å². The molecule has 0 saturated heterocycles. The number of carbonyl (C=O) groups is 8. The standard InChI is InChI=1S/C21H32O4.C20H30O4.C19H28O4.C15H24O4/c1-14(2)18(22)25-20(3,4)19(23)24-7-5-6-21-11-15-8-16(12-21)10-17(9-15)13-21;1-13(2)17(21)24-19(3,4)18(22)23-6-5-20-10-14-7-15(11-20)9-16(8-14)12-20;1-12(2)16(20)23-18(3,4)17(21)22-11-19-8-13-5-14(9-19)7-15(6-13)10-19;1-11(2)13(16)19-15(3,4)14(17)18-10-12-8-6-5-7-9-12/h15-17H,1,5-13H2,2-4H3;14-16H,1,5-12H2,2-4H3;13-15H,1,5-11H2,2-4H3;12H,1,5-10H2,2-4H3. The monoisotopic (exact) mass is 1270 g/mol. The Morgan fingerprint density at radius 1 is 0.352 bits per heavy atom. The molecule has 13 aliphatic rings. The van der Waals surface area contributed by atoms with Crippen LogP contribution in [0.15, 0.2) is 48.6 Å². The fraction of sp³-hybridized carbons (Fsp3) is 0.787. The van der Waals surface area contributed by atoms with Crippen LogP contribution in [0, 0.1) is 75.4 Å². The van der Waals surface area contributed by atoms with Crippen molar-refractivity contribution in [2.45, 2.75) is 272 Å². The Morgan fingerprint density at radius 2 is 0.615 bits per heavy atom. The fourth-order valence-corrected chi connectivity index (χ4v) is 18.5. The van der Waals surface area contributed by atoms with E-state index in [-0.39, 0.29) is 27.7 Å². The maximum absolute atomic E-state index is 12.4. The summed E-state index contributed by atoms with van der Waals surface area (Å²) in [4.78, 5) is 95.2. The number of rotatable bonds is 23. The molecular formula is C75H114O16. The van der Waals surface area contributed by atoms with E-state index >= 15 is 0 Å². The summed E-state index contributed by atoms with van der Waals surface area (Å²) in [6.07, 6.45) is 33.3. The summed E-state index contributed by atoms with van der Waals surface area (Å²) in [7, 11) is 0. The van der Waals surface area contributed by atoms with Crippen molar-refractivity contribution < 1.29 is 76.3 Å². The van der Waals surface area contributed by atoms with Gasteiger partial charge in [-0.25, -0.2) is 38.4 Å². The molecule has 510 valence electrons. The number of carbonyl (C=O) groups excluding carboxylic acids is 8. The molecular weight excluding hydrogens is 1160 g/mol. The largest absolute Gasteiger partial charge is 0.463 e. The molecule has 0 N–H and O–H groups in total. The van der Waals surface area contributed by atoms with Crippen LogP contribution in [0.1, 0.15) is 250 Å². The summed E-state index contributed by atoms with van der Waals surface area (Å²) in [6.45, 7) is 34.6. The third-order valence-corrected chi connectivity index (χ3v) is 21.9. The van der Waals surface area contributed by atoms with E-state index in [1.54, 1.807) is 69.2 Å². The van der Waals surface area contributed by atoms with Gasteiger partial charge in [0.05, 0.1) is 26.4 Å². The third kappa shape index (κ3) is 20.1. The predicted octanol–water partition coefficient (Wildman–Crippen LogP) is 15.1. The first-order chi connectivity index (χ1) is 42.4. The first kappa shape index (κ1) is 73.1. The van der Waals surface area contributed by atoms with Crippen molar-refractivity contribution in [3.8, 4) is 0 Å². The molecule has 0 radical (unpaired) electrons. The van der Waals surface area contributed by atoms with Crippen LogP contribution < -0.4 is 0 Å². The molecule has 16 nitrogen and oxygen atoms in total. The minimum Gasteiger partial charge on any atom is -0.463 e. The number of esters is 8. The molecule has 13 saturated carbocycles.